The quantitative estimate of drug-likeness (QED) is 0.763. The van der Waals surface area contributed by atoms with E-state index >= 15 is 0 Å². The zero-order valence-electron chi connectivity index (χ0n) is 14.5. The van der Waals surface area contributed by atoms with Crippen LogP contribution >= 0.6 is 0 Å². The molecule has 1 heterocycles. The minimum atomic E-state index is -3.42. The highest BCUT2D eigenvalue weighted by atomic mass is 32.2. The smallest absolute Gasteiger partial charge is 0.212 e. The first-order chi connectivity index (χ1) is 11.9. The first-order valence-corrected chi connectivity index (χ1v) is 10.6. The second kappa shape index (κ2) is 8.01. The van der Waals surface area contributed by atoms with Crippen molar-refractivity contribution in [3.63, 3.8) is 0 Å². The second-order valence-electron chi connectivity index (χ2n) is 7.12. The van der Waals surface area contributed by atoms with Crippen molar-refractivity contribution >= 4 is 10.0 Å². The summed E-state index contributed by atoms with van der Waals surface area (Å²) in [5.74, 6) is 0.538. The molecule has 1 atom stereocenters. The number of nitrogens with one attached hydrogen (secondary N) is 1. The summed E-state index contributed by atoms with van der Waals surface area (Å²) in [6, 6.07) is 4.16. The third-order valence-corrected chi connectivity index (χ3v) is 6.40. The van der Waals surface area contributed by atoms with Crippen LogP contribution in [0.15, 0.2) is 18.2 Å². The van der Waals surface area contributed by atoms with Crippen LogP contribution in [-0.2, 0) is 14.8 Å². The summed E-state index contributed by atoms with van der Waals surface area (Å²) in [7, 11) is -3.42. The van der Waals surface area contributed by atoms with Gasteiger partial charge in [-0.1, -0.05) is 6.07 Å². The first kappa shape index (κ1) is 18.6. The van der Waals surface area contributed by atoms with Crippen molar-refractivity contribution in [1.29, 1.82) is 0 Å². The third kappa shape index (κ3) is 5.66. The predicted octanol–water partition coefficient (Wildman–Crippen LogP) is 3.02. The summed E-state index contributed by atoms with van der Waals surface area (Å²) < 4.78 is 52.2. The maximum absolute atomic E-state index is 14.2. The highest BCUT2D eigenvalue weighted by molar-refractivity contribution is 7.89. The highest BCUT2D eigenvalue weighted by Gasteiger charge is 2.25. The van der Waals surface area contributed by atoms with Gasteiger partial charge in [0, 0.05) is 19.3 Å². The molecular formula is C18H26FNO4S. The van der Waals surface area contributed by atoms with Crippen molar-refractivity contribution in [3.8, 4) is 5.75 Å². The Morgan fingerprint density at radius 1 is 1.24 bits per heavy atom. The molecule has 0 bridgehead atoms. The summed E-state index contributed by atoms with van der Waals surface area (Å²) in [4.78, 5) is 0. The number of rotatable bonds is 8. The van der Waals surface area contributed by atoms with Crippen LogP contribution in [0.1, 0.15) is 44.2 Å². The molecule has 1 saturated carbocycles. The average molecular weight is 371 g/mol. The molecule has 1 aliphatic heterocycles. The molecule has 2 aliphatic rings. The van der Waals surface area contributed by atoms with Crippen LogP contribution in [0.5, 0.6) is 5.75 Å². The molecule has 25 heavy (non-hydrogen) atoms. The van der Waals surface area contributed by atoms with E-state index in [0.29, 0.717) is 31.3 Å². The molecule has 1 aliphatic carbocycles. The Balaban J connectivity index is 1.57. The van der Waals surface area contributed by atoms with Crippen LogP contribution in [0.2, 0.25) is 0 Å². The molecule has 0 radical (unpaired) electrons. The van der Waals surface area contributed by atoms with Gasteiger partial charge < -0.3 is 9.47 Å². The van der Waals surface area contributed by atoms with Crippen LogP contribution < -0.4 is 9.46 Å². The standard InChI is InChI=1S/C18H26FNO4S/c1-13(20-25(21,22)12-15-6-8-23-9-7-15)16-4-5-18(17(19)10-16)24-11-14-2-3-14/h4-5,10,13-15,20H,2-3,6-9,11-12H2,1H3. The van der Waals surface area contributed by atoms with Crippen LogP contribution in [0, 0.1) is 17.7 Å². The second-order valence-corrected chi connectivity index (χ2v) is 8.92. The van der Waals surface area contributed by atoms with Crippen molar-refractivity contribution in [2.24, 2.45) is 11.8 Å². The number of benzene rings is 1. The van der Waals surface area contributed by atoms with Crippen LogP contribution in [0.25, 0.3) is 0 Å². The Morgan fingerprint density at radius 3 is 2.60 bits per heavy atom. The summed E-state index contributed by atoms with van der Waals surface area (Å²) >= 11 is 0. The molecule has 7 heteroatoms. The Hall–Kier alpha value is -1.18. The van der Waals surface area contributed by atoms with Crippen molar-refractivity contribution in [2.45, 2.75) is 38.6 Å². The molecule has 1 unspecified atom stereocenters. The van der Waals surface area contributed by atoms with E-state index in [1.165, 1.54) is 6.07 Å². The summed E-state index contributed by atoms with van der Waals surface area (Å²) in [6.07, 6.45) is 3.81. The largest absolute Gasteiger partial charge is 0.490 e. The predicted molar refractivity (Wildman–Crippen MR) is 93.5 cm³/mol. The number of hydrogen-bond donors (Lipinski definition) is 1. The molecule has 2 fully saturated rings. The monoisotopic (exact) mass is 371 g/mol. The molecule has 1 aromatic rings. The van der Waals surface area contributed by atoms with E-state index in [1.807, 2.05) is 0 Å². The van der Waals surface area contributed by atoms with Gasteiger partial charge in [0.25, 0.3) is 0 Å². The van der Waals surface area contributed by atoms with Gasteiger partial charge in [-0.2, -0.15) is 0 Å². The van der Waals surface area contributed by atoms with E-state index in [1.54, 1.807) is 19.1 Å². The lowest BCUT2D eigenvalue weighted by Crippen LogP contribution is -2.33. The summed E-state index contributed by atoms with van der Waals surface area (Å²) in [5, 5.41) is 0. The van der Waals surface area contributed by atoms with Gasteiger partial charge in [-0.25, -0.2) is 17.5 Å². The Bertz CT molecular complexity index is 684. The van der Waals surface area contributed by atoms with Gasteiger partial charge in [0.2, 0.25) is 10.0 Å². The fraction of sp³-hybridized carbons (Fsp3) is 0.667. The van der Waals surface area contributed by atoms with Gasteiger partial charge in [0.15, 0.2) is 11.6 Å². The maximum Gasteiger partial charge on any atom is 0.212 e. The lowest BCUT2D eigenvalue weighted by atomic mass is 10.0. The van der Waals surface area contributed by atoms with Gasteiger partial charge >= 0.3 is 0 Å². The minimum Gasteiger partial charge on any atom is -0.490 e. The van der Waals surface area contributed by atoms with E-state index in [0.717, 1.165) is 25.7 Å². The van der Waals surface area contributed by atoms with E-state index in [9.17, 15) is 12.8 Å². The highest BCUT2D eigenvalue weighted by Crippen LogP contribution is 2.30. The van der Waals surface area contributed by atoms with Gasteiger partial charge in [0.05, 0.1) is 12.4 Å². The Morgan fingerprint density at radius 2 is 1.96 bits per heavy atom. The number of hydrogen-bond acceptors (Lipinski definition) is 4. The van der Waals surface area contributed by atoms with Crippen molar-refractivity contribution in [1.82, 2.24) is 4.72 Å². The molecule has 0 aromatic heterocycles. The number of sulfonamides is 1. The minimum absolute atomic E-state index is 0.0891. The van der Waals surface area contributed by atoms with Crippen molar-refractivity contribution in [2.75, 3.05) is 25.6 Å². The molecular weight excluding hydrogens is 345 g/mol. The van der Waals surface area contributed by atoms with E-state index in [-0.39, 0.29) is 17.4 Å². The van der Waals surface area contributed by atoms with E-state index in [2.05, 4.69) is 4.72 Å². The zero-order chi connectivity index (χ0) is 17.9. The van der Waals surface area contributed by atoms with Gasteiger partial charge in [0.1, 0.15) is 0 Å². The molecule has 3 rings (SSSR count). The molecule has 1 N–H and O–H groups in total. The van der Waals surface area contributed by atoms with Crippen molar-refractivity contribution in [3.05, 3.63) is 29.6 Å². The van der Waals surface area contributed by atoms with Crippen LogP contribution in [0.4, 0.5) is 4.39 Å². The van der Waals surface area contributed by atoms with Gasteiger partial charge in [-0.15, -0.1) is 0 Å². The first-order valence-electron chi connectivity index (χ1n) is 8.93. The molecule has 5 nitrogen and oxygen atoms in total. The molecule has 1 saturated heterocycles. The fourth-order valence-corrected chi connectivity index (χ4v) is 4.73. The maximum atomic E-state index is 14.2. The topological polar surface area (TPSA) is 64.6 Å². The summed E-state index contributed by atoms with van der Waals surface area (Å²) in [6.45, 7) is 3.50. The van der Waals surface area contributed by atoms with Crippen LogP contribution in [-0.4, -0.2) is 34.0 Å². The molecule has 0 spiro atoms. The number of halogens is 1. The lowest BCUT2D eigenvalue weighted by Gasteiger charge is -2.23. The average Bonchev–Trinajstić information content (AvgIpc) is 3.38. The Kier molecular flexibility index (Phi) is 5.96. The zero-order valence-corrected chi connectivity index (χ0v) is 15.4. The van der Waals surface area contributed by atoms with Gasteiger partial charge in [-0.05, 0) is 62.1 Å². The van der Waals surface area contributed by atoms with Gasteiger partial charge in [-0.3, -0.25) is 0 Å². The Labute approximate surface area is 149 Å². The lowest BCUT2D eigenvalue weighted by molar-refractivity contribution is 0.0723. The van der Waals surface area contributed by atoms with Crippen LogP contribution in [0.3, 0.4) is 0 Å². The third-order valence-electron chi connectivity index (χ3n) is 4.78. The molecule has 140 valence electrons. The normalized spacial score (nSPS) is 20.4. The van der Waals surface area contributed by atoms with Crippen molar-refractivity contribution < 1.29 is 22.3 Å². The molecule has 1 aromatic carbocycles. The van der Waals surface area contributed by atoms with E-state index < -0.39 is 21.9 Å². The summed E-state index contributed by atoms with van der Waals surface area (Å²) in [5.41, 5.74) is 0.590. The number of ether oxygens (including phenoxy) is 2. The van der Waals surface area contributed by atoms with E-state index in [4.69, 9.17) is 9.47 Å². The SMILES string of the molecule is CC(NS(=O)(=O)CC1CCOCC1)c1ccc(OCC2CC2)c(F)c1. The molecule has 0 amide bonds. The fourth-order valence-electron chi connectivity index (χ4n) is 3.00.